The summed E-state index contributed by atoms with van der Waals surface area (Å²) in [6, 6.07) is 9.88. The van der Waals surface area contributed by atoms with Gasteiger partial charge in [-0.3, -0.25) is 4.79 Å². The maximum atomic E-state index is 13.6. The maximum Gasteiger partial charge on any atom is 0.243 e. The first-order valence-electron chi connectivity index (χ1n) is 6.98. The molecule has 0 fully saturated rings. The number of carbonyl (C=O) groups is 1. The summed E-state index contributed by atoms with van der Waals surface area (Å²) in [6.45, 7) is 1.31. The molecule has 128 valence electrons. The number of nitrogens with one attached hydrogen (secondary N) is 1. The number of carbonyl (C=O) groups excluding carboxylic acids is 1. The van der Waals surface area contributed by atoms with E-state index in [1.54, 1.807) is 13.0 Å². The molecule has 0 aromatic heterocycles. The topological polar surface area (TPSA) is 66.5 Å². The predicted molar refractivity (Wildman–Crippen MR) is 91.0 cm³/mol. The summed E-state index contributed by atoms with van der Waals surface area (Å²) < 4.78 is 39.3. The van der Waals surface area contributed by atoms with Gasteiger partial charge < -0.3 is 5.32 Å². The van der Waals surface area contributed by atoms with Crippen molar-refractivity contribution in [2.75, 3.05) is 18.9 Å². The number of amides is 1. The first-order valence-corrected chi connectivity index (χ1v) is 8.80. The lowest BCUT2D eigenvalue weighted by atomic mass is 10.2. The van der Waals surface area contributed by atoms with Crippen LogP contribution >= 0.6 is 11.6 Å². The van der Waals surface area contributed by atoms with Gasteiger partial charge in [-0.15, -0.1) is 0 Å². The van der Waals surface area contributed by atoms with E-state index >= 15 is 0 Å². The van der Waals surface area contributed by atoms with Crippen molar-refractivity contribution in [3.8, 4) is 0 Å². The van der Waals surface area contributed by atoms with E-state index in [1.165, 1.54) is 43.4 Å². The summed E-state index contributed by atoms with van der Waals surface area (Å²) in [5.74, 6) is -1.23. The summed E-state index contributed by atoms with van der Waals surface area (Å²) in [6.07, 6.45) is 0. The molecule has 0 spiro atoms. The second kappa shape index (κ2) is 7.29. The number of anilines is 1. The molecule has 0 aliphatic rings. The molecule has 0 bridgehead atoms. The lowest BCUT2D eigenvalue weighted by Gasteiger charge is -2.17. The van der Waals surface area contributed by atoms with Crippen molar-refractivity contribution in [3.05, 3.63) is 58.9 Å². The van der Waals surface area contributed by atoms with E-state index in [-0.39, 0.29) is 10.6 Å². The first kappa shape index (κ1) is 18.4. The van der Waals surface area contributed by atoms with Crippen molar-refractivity contribution < 1.29 is 17.6 Å². The van der Waals surface area contributed by atoms with Crippen LogP contribution in [0.5, 0.6) is 0 Å². The highest BCUT2D eigenvalue weighted by atomic mass is 35.5. The molecule has 0 unspecified atom stereocenters. The van der Waals surface area contributed by atoms with E-state index in [1.807, 2.05) is 0 Å². The number of sulfonamides is 1. The molecule has 2 rings (SSSR count). The Bertz CT molecular complexity index is 854. The quantitative estimate of drug-likeness (QED) is 0.879. The van der Waals surface area contributed by atoms with Crippen molar-refractivity contribution in [2.45, 2.75) is 11.8 Å². The van der Waals surface area contributed by atoms with Crippen molar-refractivity contribution in [1.82, 2.24) is 4.31 Å². The van der Waals surface area contributed by atoms with Gasteiger partial charge in [-0.1, -0.05) is 17.7 Å². The Labute approximate surface area is 145 Å². The first-order chi connectivity index (χ1) is 11.2. The fourth-order valence-electron chi connectivity index (χ4n) is 2.00. The predicted octanol–water partition coefficient (Wildman–Crippen LogP) is 3.05. The van der Waals surface area contributed by atoms with Crippen LogP contribution in [0.4, 0.5) is 10.1 Å². The van der Waals surface area contributed by atoms with E-state index in [2.05, 4.69) is 5.32 Å². The summed E-state index contributed by atoms with van der Waals surface area (Å²) >= 11 is 5.74. The molecule has 8 heteroatoms. The SMILES string of the molecule is Cc1ccc(F)c(NC(=O)CN(C)S(=O)(=O)c2ccc(Cl)cc2)c1. The Balaban J connectivity index is 2.10. The third-order valence-corrected chi connectivity index (χ3v) is 5.35. The fraction of sp³-hybridized carbons (Fsp3) is 0.188. The van der Waals surface area contributed by atoms with Gasteiger partial charge in [0, 0.05) is 12.1 Å². The number of hydrogen-bond acceptors (Lipinski definition) is 3. The highest BCUT2D eigenvalue weighted by Crippen LogP contribution is 2.18. The molecular formula is C16H16ClFN2O3S. The standard InChI is InChI=1S/C16H16ClFN2O3S/c1-11-3-8-14(18)15(9-11)19-16(21)10-20(2)24(22,23)13-6-4-12(17)5-7-13/h3-9H,10H2,1-2H3,(H,19,21). The van der Waals surface area contributed by atoms with Gasteiger partial charge in [0.2, 0.25) is 15.9 Å². The van der Waals surface area contributed by atoms with Crippen LogP contribution in [0.3, 0.4) is 0 Å². The van der Waals surface area contributed by atoms with Crippen molar-refractivity contribution >= 4 is 33.2 Å². The highest BCUT2D eigenvalue weighted by Gasteiger charge is 2.23. The van der Waals surface area contributed by atoms with Crippen LogP contribution in [0.1, 0.15) is 5.56 Å². The molecule has 0 atom stereocenters. The van der Waals surface area contributed by atoms with E-state index in [4.69, 9.17) is 11.6 Å². The van der Waals surface area contributed by atoms with Crippen LogP contribution in [0.25, 0.3) is 0 Å². The Morgan fingerprint density at radius 2 is 1.83 bits per heavy atom. The van der Waals surface area contributed by atoms with Crippen molar-refractivity contribution in [3.63, 3.8) is 0 Å². The Morgan fingerprint density at radius 3 is 2.46 bits per heavy atom. The molecule has 2 aromatic rings. The van der Waals surface area contributed by atoms with Crippen LogP contribution < -0.4 is 5.32 Å². The molecule has 2 aromatic carbocycles. The number of likely N-dealkylation sites (N-methyl/N-ethyl adjacent to an activating group) is 1. The van der Waals surface area contributed by atoms with E-state index < -0.39 is 28.3 Å². The van der Waals surface area contributed by atoms with Crippen LogP contribution in [0, 0.1) is 12.7 Å². The van der Waals surface area contributed by atoms with E-state index in [0.29, 0.717) is 5.02 Å². The van der Waals surface area contributed by atoms with Gasteiger partial charge in [0.05, 0.1) is 17.1 Å². The zero-order chi connectivity index (χ0) is 17.9. The molecule has 0 radical (unpaired) electrons. The monoisotopic (exact) mass is 370 g/mol. The molecule has 0 aliphatic carbocycles. The summed E-state index contributed by atoms with van der Waals surface area (Å²) in [5, 5.41) is 2.78. The van der Waals surface area contributed by atoms with Gasteiger partial charge in [0.15, 0.2) is 0 Å². The number of hydrogen-bond donors (Lipinski definition) is 1. The molecule has 0 heterocycles. The molecule has 0 aliphatic heterocycles. The molecule has 1 amide bonds. The van der Waals surface area contributed by atoms with Gasteiger partial charge in [0.25, 0.3) is 0 Å². The van der Waals surface area contributed by atoms with Gasteiger partial charge in [-0.25, -0.2) is 12.8 Å². The van der Waals surface area contributed by atoms with Crippen LogP contribution in [-0.2, 0) is 14.8 Å². The minimum Gasteiger partial charge on any atom is -0.322 e. The van der Waals surface area contributed by atoms with E-state index in [9.17, 15) is 17.6 Å². The Morgan fingerprint density at radius 1 is 1.21 bits per heavy atom. The molecule has 0 saturated carbocycles. The second-order valence-corrected chi connectivity index (χ2v) is 7.73. The van der Waals surface area contributed by atoms with E-state index in [0.717, 1.165) is 9.87 Å². The molecular weight excluding hydrogens is 355 g/mol. The third-order valence-electron chi connectivity index (χ3n) is 3.28. The largest absolute Gasteiger partial charge is 0.322 e. The number of nitrogens with zero attached hydrogens (tertiary/aromatic N) is 1. The van der Waals surface area contributed by atoms with Gasteiger partial charge in [-0.2, -0.15) is 4.31 Å². The normalized spacial score (nSPS) is 11.5. The van der Waals surface area contributed by atoms with Crippen LogP contribution in [-0.4, -0.2) is 32.2 Å². The Hall–Kier alpha value is -1.96. The average Bonchev–Trinajstić information content (AvgIpc) is 2.51. The molecule has 24 heavy (non-hydrogen) atoms. The number of benzene rings is 2. The summed E-state index contributed by atoms with van der Waals surface area (Å²) in [4.78, 5) is 12.0. The molecule has 1 N–H and O–H groups in total. The van der Waals surface area contributed by atoms with Crippen LogP contribution in [0.15, 0.2) is 47.4 Å². The Kier molecular flexibility index (Phi) is 5.58. The van der Waals surface area contributed by atoms with Crippen molar-refractivity contribution in [1.29, 1.82) is 0 Å². The maximum absolute atomic E-state index is 13.6. The highest BCUT2D eigenvalue weighted by molar-refractivity contribution is 7.89. The summed E-state index contributed by atoms with van der Waals surface area (Å²) in [7, 11) is -2.57. The minimum atomic E-state index is -3.84. The lowest BCUT2D eigenvalue weighted by Crippen LogP contribution is -2.35. The third kappa shape index (κ3) is 4.31. The molecule has 0 saturated heterocycles. The fourth-order valence-corrected chi connectivity index (χ4v) is 3.25. The van der Waals surface area contributed by atoms with Crippen molar-refractivity contribution in [2.24, 2.45) is 0 Å². The number of rotatable bonds is 5. The van der Waals surface area contributed by atoms with Gasteiger partial charge in [0.1, 0.15) is 5.82 Å². The average molecular weight is 371 g/mol. The zero-order valence-electron chi connectivity index (χ0n) is 13.1. The molecule has 5 nitrogen and oxygen atoms in total. The van der Waals surface area contributed by atoms with Gasteiger partial charge in [-0.05, 0) is 48.9 Å². The lowest BCUT2D eigenvalue weighted by molar-refractivity contribution is -0.116. The smallest absolute Gasteiger partial charge is 0.243 e. The van der Waals surface area contributed by atoms with Crippen LogP contribution in [0.2, 0.25) is 5.02 Å². The minimum absolute atomic E-state index is 0.0114. The van der Waals surface area contributed by atoms with Gasteiger partial charge >= 0.3 is 0 Å². The zero-order valence-corrected chi connectivity index (χ0v) is 14.7. The second-order valence-electron chi connectivity index (χ2n) is 5.25. The number of halogens is 2. The number of aryl methyl sites for hydroxylation is 1. The summed E-state index contributed by atoms with van der Waals surface area (Å²) in [5.41, 5.74) is 0.783.